The van der Waals surface area contributed by atoms with E-state index < -0.39 is 0 Å². The van der Waals surface area contributed by atoms with Crippen molar-refractivity contribution in [3.63, 3.8) is 0 Å². The minimum absolute atomic E-state index is 0.0816. The van der Waals surface area contributed by atoms with Gasteiger partial charge in [0.05, 0.1) is 6.42 Å². The Morgan fingerprint density at radius 1 is 1.39 bits per heavy atom. The van der Waals surface area contributed by atoms with E-state index in [0.29, 0.717) is 18.9 Å². The molecule has 4 nitrogen and oxygen atoms in total. The van der Waals surface area contributed by atoms with Gasteiger partial charge in [-0.15, -0.1) is 0 Å². The molecule has 0 radical (unpaired) electrons. The zero-order chi connectivity index (χ0) is 16.8. The van der Waals surface area contributed by atoms with E-state index in [9.17, 15) is 9.18 Å². The highest BCUT2D eigenvalue weighted by atomic mass is 19.1. The molecule has 2 rings (SSSR count). The molecule has 0 aliphatic heterocycles. The number of carbonyl (C=O) groups is 1. The highest BCUT2D eigenvalue weighted by molar-refractivity contribution is 5.88. The van der Waals surface area contributed by atoms with Crippen molar-refractivity contribution in [2.24, 2.45) is 11.8 Å². The number of aromatic nitrogens is 1. The Balaban J connectivity index is 1.94. The number of halogens is 1. The second kappa shape index (κ2) is 8.11. The van der Waals surface area contributed by atoms with Crippen molar-refractivity contribution < 1.29 is 14.3 Å². The number of aliphatic hydroxyl groups is 1. The maximum Gasteiger partial charge on any atom is 0.224 e. The number of hydrogen-bond acceptors (Lipinski definition) is 2. The summed E-state index contributed by atoms with van der Waals surface area (Å²) in [4.78, 5) is 15.2. The Kier molecular flexibility index (Phi) is 6.16. The van der Waals surface area contributed by atoms with Gasteiger partial charge in [0.15, 0.2) is 0 Å². The average Bonchev–Trinajstić information content (AvgIpc) is 2.87. The Labute approximate surface area is 136 Å². The first kappa shape index (κ1) is 17.5. The third kappa shape index (κ3) is 5.06. The molecule has 0 saturated carbocycles. The Morgan fingerprint density at radius 3 is 2.87 bits per heavy atom. The third-order valence-electron chi connectivity index (χ3n) is 4.01. The SMILES string of the molecule is CC(C)CC(CCO)CNC(=O)Cc1c[nH]c2ccc(F)cc12. The largest absolute Gasteiger partial charge is 0.396 e. The van der Waals surface area contributed by atoms with Crippen molar-refractivity contribution in [1.82, 2.24) is 10.3 Å². The van der Waals surface area contributed by atoms with E-state index >= 15 is 0 Å². The second-order valence-electron chi connectivity index (χ2n) is 6.49. The molecular formula is C18H25FN2O2. The fraction of sp³-hybridized carbons (Fsp3) is 0.500. The topological polar surface area (TPSA) is 65.1 Å². The summed E-state index contributed by atoms with van der Waals surface area (Å²) in [6.07, 6.45) is 3.63. The molecule has 1 unspecified atom stereocenters. The predicted octanol–water partition coefficient (Wildman–Crippen LogP) is 3.01. The van der Waals surface area contributed by atoms with Gasteiger partial charge in [-0.2, -0.15) is 0 Å². The Morgan fingerprint density at radius 2 is 2.17 bits per heavy atom. The number of hydrogen-bond donors (Lipinski definition) is 3. The normalized spacial score (nSPS) is 12.7. The zero-order valence-electron chi connectivity index (χ0n) is 13.7. The molecule has 3 N–H and O–H groups in total. The molecule has 1 aromatic carbocycles. The summed E-state index contributed by atoms with van der Waals surface area (Å²) in [6, 6.07) is 4.52. The van der Waals surface area contributed by atoms with Crippen LogP contribution in [0.15, 0.2) is 24.4 Å². The molecule has 0 fully saturated rings. The van der Waals surface area contributed by atoms with E-state index in [1.165, 1.54) is 12.1 Å². The molecule has 23 heavy (non-hydrogen) atoms. The van der Waals surface area contributed by atoms with Crippen LogP contribution in [0.1, 0.15) is 32.3 Å². The van der Waals surface area contributed by atoms with Crippen LogP contribution in [0.4, 0.5) is 4.39 Å². The fourth-order valence-corrected chi connectivity index (χ4v) is 2.94. The number of benzene rings is 1. The molecule has 1 heterocycles. The highest BCUT2D eigenvalue weighted by Crippen LogP contribution is 2.20. The summed E-state index contributed by atoms with van der Waals surface area (Å²) in [5.74, 6) is 0.421. The third-order valence-corrected chi connectivity index (χ3v) is 4.01. The van der Waals surface area contributed by atoms with E-state index in [4.69, 9.17) is 5.11 Å². The van der Waals surface area contributed by atoms with Crippen molar-refractivity contribution in [2.45, 2.75) is 33.1 Å². The van der Waals surface area contributed by atoms with Crippen molar-refractivity contribution in [1.29, 1.82) is 0 Å². The quantitative estimate of drug-likeness (QED) is 0.700. The minimum atomic E-state index is -0.307. The smallest absolute Gasteiger partial charge is 0.224 e. The van der Waals surface area contributed by atoms with Gasteiger partial charge in [0, 0.05) is 30.3 Å². The molecule has 0 saturated heterocycles. The van der Waals surface area contributed by atoms with Crippen LogP contribution in [0, 0.1) is 17.7 Å². The Hall–Kier alpha value is -1.88. The fourth-order valence-electron chi connectivity index (χ4n) is 2.94. The number of H-pyrrole nitrogens is 1. The standard InChI is InChI=1S/C18H25FN2O2/c1-12(2)7-13(5-6-22)10-21-18(23)8-14-11-20-17-4-3-15(19)9-16(14)17/h3-4,9,11-13,20,22H,5-8,10H2,1-2H3,(H,21,23). The summed E-state index contributed by atoms with van der Waals surface area (Å²) in [7, 11) is 0. The molecular weight excluding hydrogens is 295 g/mol. The zero-order valence-corrected chi connectivity index (χ0v) is 13.7. The van der Waals surface area contributed by atoms with Gasteiger partial charge in [0.25, 0.3) is 0 Å². The molecule has 126 valence electrons. The molecule has 2 aromatic rings. The molecule has 0 aliphatic rings. The summed E-state index contributed by atoms with van der Waals surface area (Å²) in [5, 5.41) is 12.8. The number of fused-ring (bicyclic) bond motifs is 1. The van der Waals surface area contributed by atoms with Gasteiger partial charge >= 0.3 is 0 Å². The van der Waals surface area contributed by atoms with Gasteiger partial charge in [0.2, 0.25) is 5.91 Å². The van der Waals surface area contributed by atoms with Crippen LogP contribution in [0.2, 0.25) is 0 Å². The van der Waals surface area contributed by atoms with Crippen LogP contribution < -0.4 is 5.32 Å². The van der Waals surface area contributed by atoms with Crippen molar-refractivity contribution in [3.8, 4) is 0 Å². The number of carbonyl (C=O) groups excluding carboxylic acids is 1. The monoisotopic (exact) mass is 320 g/mol. The number of nitrogens with one attached hydrogen (secondary N) is 2. The van der Waals surface area contributed by atoms with E-state index in [0.717, 1.165) is 22.9 Å². The lowest BCUT2D eigenvalue weighted by Gasteiger charge is -2.18. The van der Waals surface area contributed by atoms with Crippen molar-refractivity contribution in [2.75, 3.05) is 13.2 Å². The second-order valence-corrected chi connectivity index (χ2v) is 6.49. The first-order valence-corrected chi connectivity index (χ1v) is 8.12. The summed E-state index contributed by atoms with van der Waals surface area (Å²) < 4.78 is 13.4. The van der Waals surface area contributed by atoms with Gasteiger partial charge in [-0.25, -0.2) is 4.39 Å². The number of rotatable bonds is 8. The lowest BCUT2D eigenvalue weighted by molar-refractivity contribution is -0.120. The summed E-state index contributed by atoms with van der Waals surface area (Å²) >= 11 is 0. The first-order chi connectivity index (χ1) is 11.0. The molecule has 0 spiro atoms. The van der Waals surface area contributed by atoms with Gasteiger partial charge in [0.1, 0.15) is 5.82 Å². The lowest BCUT2D eigenvalue weighted by atomic mass is 9.94. The molecule has 0 aliphatic carbocycles. The van der Waals surface area contributed by atoms with Gasteiger partial charge in [-0.3, -0.25) is 4.79 Å². The number of aromatic amines is 1. The number of amides is 1. The van der Waals surface area contributed by atoms with Gasteiger partial charge < -0.3 is 15.4 Å². The van der Waals surface area contributed by atoms with Crippen LogP contribution >= 0.6 is 0 Å². The number of aliphatic hydroxyl groups excluding tert-OH is 1. The highest BCUT2D eigenvalue weighted by Gasteiger charge is 2.14. The maximum atomic E-state index is 13.4. The van der Waals surface area contributed by atoms with Crippen LogP contribution in [-0.4, -0.2) is 29.1 Å². The van der Waals surface area contributed by atoms with E-state index in [1.807, 2.05) is 0 Å². The predicted molar refractivity (Wildman–Crippen MR) is 89.6 cm³/mol. The van der Waals surface area contributed by atoms with E-state index in [1.54, 1.807) is 12.3 Å². The van der Waals surface area contributed by atoms with Crippen LogP contribution in [-0.2, 0) is 11.2 Å². The minimum Gasteiger partial charge on any atom is -0.396 e. The van der Waals surface area contributed by atoms with Crippen LogP contribution in [0.3, 0.4) is 0 Å². The molecule has 1 atom stereocenters. The maximum absolute atomic E-state index is 13.4. The molecule has 0 bridgehead atoms. The van der Waals surface area contributed by atoms with E-state index in [-0.39, 0.29) is 30.7 Å². The van der Waals surface area contributed by atoms with Crippen LogP contribution in [0.25, 0.3) is 10.9 Å². The summed E-state index contributed by atoms with van der Waals surface area (Å²) in [5.41, 5.74) is 1.62. The summed E-state index contributed by atoms with van der Waals surface area (Å²) in [6.45, 7) is 4.96. The van der Waals surface area contributed by atoms with Crippen molar-refractivity contribution >= 4 is 16.8 Å². The molecule has 1 amide bonds. The molecule has 5 heteroatoms. The van der Waals surface area contributed by atoms with E-state index in [2.05, 4.69) is 24.1 Å². The van der Waals surface area contributed by atoms with Crippen LogP contribution in [0.5, 0.6) is 0 Å². The van der Waals surface area contributed by atoms with Crippen molar-refractivity contribution in [3.05, 3.63) is 35.8 Å². The Bertz CT molecular complexity index is 652. The lowest BCUT2D eigenvalue weighted by Crippen LogP contribution is -2.31. The van der Waals surface area contributed by atoms with Gasteiger partial charge in [-0.05, 0) is 48.4 Å². The molecule has 1 aromatic heterocycles. The van der Waals surface area contributed by atoms with Gasteiger partial charge in [-0.1, -0.05) is 13.8 Å². The average molecular weight is 320 g/mol. The first-order valence-electron chi connectivity index (χ1n) is 8.12.